The molecule has 0 unspecified atom stereocenters. The normalized spacial score (nSPS) is 10.8. The number of esters is 1. The number of aryl methyl sites for hydroxylation is 1. The molecular weight excluding hydrogens is 435 g/mol. The van der Waals surface area contributed by atoms with Gasteiger partial charge in [0.25, 0.3) is 5.91 Å². The molecule has 0 fully saturated rings. The van der Waals surface area contributed by atoms with Crippen LogP contribution < -0.4 is 10.1 Å². The van der Waals surface area contributed by atoms with Crippen LogP contribution in [0.2, 0.25) is 10.0 Å². The second-order valence-corrected chi connectivity index (χ2v) is 7.37. The Kier molecular flexibility index (Phi) is 7.09. The average Bonchev–Trinajstić information content (AvgIpc) is 2.75. The minimum absolute atomic E-state index is 0.0945. The molecule has 0 aliphatic carbocycles. The highest BCUT2D eigenvalue weighted by atomic mass is 35.5. The van der Waals surface area contributed by atoms with E-state index in [0.717, 1.165) is 5.56 Å². The number of para-hydroxylation sites is 1. The molecule has 0 bridgehead atoms. The van der Waals surface area contributed by atoms with Gasteiger partial charge in [0.2, 0.25) is 0 Å². The lowest BCUT2D eigenvalue weighted by Crippen LogP contribution is -2.14. The summed E-state index contributed by atoms with van der Waals surface area (Å²) in [6.45, 7) is 1.81. The van der Waals surface area contributed by atoms with E-state index in [1.54, 1.807) is 67.6 Å². The number of carbonyl (C=O) groups is 2. The SMILES string of the molecule is Cc1cccc(Cl)c1NC(=O)/C(C#N)=C/c1ccc(OC(=O)c2cccc(Cl)c2)cc1. The predicted octanol–water partition coefficient (Wildman–Crippen LogP) is 6.07. The molecule has 0 atom stereocenters. The van der Waals surface area contributed by atoms with Gasteiger partial charge in [-0.1, -0.05) is 53.5 Å². The fourth-order valence-electron chi connectivity index (χ4n) is 2.70. The first-order valence-electron chi connectivity index (χ1n) is 9.13. The summed E-state index contributed by atoms with van der Waals surface area (Å²) >= 11 is 12.0. The third kappa shape index (κ3) is 5.73. The zero-order valence-electron chi connectivity index (χ0n) is 16.4. The monoisotopic (exact) mass is 450 g/mol. The Morgan fingerprint density at radius 1 is 1.03 bits per heavy atom. The summed E-state index contributed by atoms with van der Waals surface area (Å²) in [5.41, 5.74) is 2.06. The number of hydrogen-bond acceptors (Lipinski definition) is 4. The summed E-state index contributed by atoms with van der Waals surface area (Å²) in [4.78, 5) is 24.7. The number of nitrogens with one attached hydrogen (secondary N) is 1. The second kappa shape index (κ2) is 9.94. The maximum atomic E-state index is 12.5. The number of nitriles is 1. The molecule has 3 rings (SSSR count). The number of amides is 1. The quantitative estimate of drug-likeness (QED) is 0.221. The van der Waals surface area contributed by atoms with E-state index < -0.39 is 11.9 Å². The van der Waals surface area contributed by atoms with Gasteiger partial charge in [-0.15, -0.1) is 0 Å². The number of nitrogens with zero attached hydrogens (tertiary/aromatic N) is 1. The zero-order chi connectivity index (χ0) is 22.4. The Balaban J connectivity index is 1.72. The summed E-state index contributed by atoms with van der Waals surface area (Å²) in [6.07, 6.45) is 1.43. The molecule has 0 saturated heterocycles. The third-order valence-electron chi connectivity index (χ3n) is 4.29. The van der Waals surface area contributed by atoms with Gasteiger partial charge in [-0.2, -0.15) is 5.26 Å². The van der Waals surface area contributed by atoms with E-state index in [4.69, 9.17) is 27.9 Å². The van der Waals surface area contributed by atoms with Gasteiger partial charge >= 0.3 is 5.97 Å². The smallest absolute Gasteiger partial charge is 0.343 e. The Morgan fingerprint density at radius 2 is 1.74 bits per heavy atom. The van der Waals surface area contributed by atoms with Crippen molar-refractivity contribution >= 4 is 46.8 Å². The first-order valence-corrected chi connectivity index (χ1v) is 9.89. The van der Waals surface area contributed by atoms with Crippen LogP contribution in [0.4, 0.5) is 5.69 Å². The van der Waals surface area contributed by atoms with E-state index in [1.807, 2.05) is 6.07 Å². The molecule has 0 saturated carbocycles. The van der Waals surface area contributed by atoms with Crippen molar-refractivity contribution in [1.82, 2.24) is 0 Å². The second-order valence-electron chi connectivity index (χ2n) is 6.52. The molecule has 154 valence electrons. The fraction of sp³-hybridized carbons (Fsp3) is 0.0417. The number of anilines is 1. The minimum atomic E-state index is -0.574. The highest BCUT2D eigenvalue weighted by Gasteiger charge is 2.13. The minimum Gasteiger partial charge on any atom is -0.423 e. The van der Waals surface area contributed by atoms with Gasteiger partial charge in [0.05, 0.1) is 16.3 Å². The van der Waals surface area contributed by atoms with Crippen LogP contribution >= 0.6 is 23.2 Å². The van der Waals surface area contributed by atoms with Crippen LogP contribution in [-0.4, -0.2) is 11.9 Å². The molecule has 3 aromatic carbocycles. The van der Waals surface area contributed by atoms with E-state index >= 15 is 0 Å². The number of rotatable bonds is 5. The maximum absolute atomic E-state index is 12.5. The highest BCUT2D eigenvalue weighted by molar-refractivity contribution is 6.34. The summed E-state index contributed by atoms with van der Waals surface area (Å²) in [6, 6.07) is 20.0. The Labute approximate surface area is 189 Å². The zero-order valence-corrected chi connectivity index (χ0v) is 17.9. The number of carbonyl (C=O) groups excluding carboxylic acids is 2. The Morgan fingerprint density at radius 3 is 2.39 bits per heavy atom. The van der Waals surface area contributed by atoms with Gasteiger partial charge in [0, 0.05) is 5.02 Å². The van der Waals surface area contributed by atoms with Crippen LogP contribution in [0.15, 0.2) is 72.3 Å². The molecule has 31 heavy (non-hydrogen) atoms. The number of hydrogen-bond donors (Lipinski definition) is 1. The van der Waals surface area contributed by atoms with Crippen LogP contribution in [0.3, 0.4) is 0 Å². The summed E-state index contributed by atoms with van der Waals surface area (Å²) in [5.74, 6) is -0.801. The molecule has 0 spiro atoms. The molecule has 0 aliphatic heterocycles. The van der Waals surface area contributed by atoms with Crippen LogP contribution in [0.5, 0.6) is 5.75 Å². The molecule has 5 nitrogen and oxygen atoms in total. The van der Waals surface area contributed by atoms with E-state index in [9.17, 15) is 14.9 Å². The van der Waals surface area contributed by atoms with Gasteiger partial charge in [0.1, 0.15) is 17.4 Å². The van der Waals surface area contributed by atoms with Crippen LogP contribution in [0.1, 0.15) is 21.5 Å². The Hall–Kier alpha value is -3.59. The molecule has 0 radical (unpaired) electrons. The fourth-order valence-corrected chi connectivity index (χ4v) is 3.16. The first kappa shape index (κ1) is 22.1. The number of halogens is 2. The lowest BCUT2D eigenvalue weighted by atomic mass is 10.1. The van der Waals surface area contributed by atoms with Gasteiger partial charge < -0.3 is 10.1 Å². The third-order valence-corrected chi connectivity index (χ3v) is 4.84. The van der Waals surface area contributed by atoms with E-state index in [-0.39, 0.29) is 5.57 Å². The molecule has 1 N–H and O–H groups in total. The van der Waals surface area contributed by atoms with Crippen molar-refractivity contribution in [3.05, 3.63) is 99.0 Å². The molecular formula is C24H16Cl2N2O3. The maximum Gasteiger partial charge on any atom is 0.343 e. The van der Waals surface area contributed by atoms with Crippen molar-refractivity contribution in [3.8, 4) is 11.8 Å². The first-order chi connectivity index (χ1) is 14.9. The van der Waals surface area contributed by atoms with Crippen molar-refractivity contribution in [1.29, 1.82) is 5.26 Å². The van der Waals surface area contributed by atoms with Gasteiger partial charge in [0.15, 0.2) is 0 Å². The van der Waals surface area contributed by atoms with Gasteiger partial charge in [-0.05, 0) is 60.5 Å². The van der Waals surface area contributed by atoms with Crippen LogP contribution in [-0.2, 0) is 4.79 Å². The topological polar surface area (TPSA) is 79.2 Å². The van der Waals surface area contributed by atoms with Gasteiger partial charge in [-0.25, -0.2) is 4.79 Å². The van der Waals surface area contributed by atoms with Gasteiger partial charge in [-0.3, -0.25) is 4.79 Å². The summed E-state index contributed by atoms with van der Waals surface area (Å²) in [7, 11) is 0. The lowest BCUT2D eigenvalue weighted by Gasteiger charge is -2.09. The average molecular weight is 451 g/mol. The molecule has 0 aromatic heterocycles. The standard InChI is InChI=1S/C24H16Cl2N2O3/c1-15-4-2-7-21(26)22(15)28-23(29)18(14-27)12-16-8-10-20(11-9-16)31-24(30)17-5-3-6-19(25)13-17/h2-13H,1H3,(H,28,29)/b18-12+. The van der Waals surface area contributed by atoms with Crippen molar-refractivity contribution in [3.63, 3.8) is 0 Å². The molecule has 1 amide bonds. The van der Waals surface area contributed by atoms with Crippen molar-refractivity contribution in [2.45, 2.75) is 6.92 Å². The summed E-state index contributed by atoms with van der Waals surface area (Å²) < 4.78 is 5.32. The highest BCUT2D eigenvalue weighted by Crippen LogP contribution is 2.26. The molecule has 3 aromatic rings. The van der Waals surface area contributed by atoms with Crippen LogP contribution in [0, 0.1) is 18.3 Å². The predicted molar refractivity (Wildman–Crippen MR) is 121 cm³/mol. The van der Waals surface area contributed by atoms with Crippen molar-refractivity contribution in [2.24, 2.45) is 0 Å². The molecule has 0 heterocycles. The van der Waals surface area contributed by atoms with E-state index in [2.05, 4.69) is 5.32 Å². The van der Waals surface area contributed by atoms with Crippen molar-refractivity contribution in [2.75, 3.05) is 5.32 Å². The molecule has 0 aliphatic rings. The Bertz CT molecular complexity index is 1190. The van der Waals surface area contributed by atoms with Crippen LogP contribution in [0.25, 0.3) is 6.08 Å². The van der Waals surface area contributed by atoms with E-state index in [1.165, 1.54) is 12.1 Å². The lowest BCUT2D eigenvalue weighted by molar-refractivity contribution is -0.112. The van der Waals surface area contributed by atoms with Crippen molar-refractivity contribution < 1.29 is 14.3 Å². The summed E-state index contributed by atoms with van der Waals surface area (Å²) in [5, 5.41) is 12.9. The largest absolute Gasteiger partial charge is 0.423 e. The van der Waals surface area contributed by atoms with E-state index in [0.29, 0.717) is 32.6 Å². The number of ether oxygens (including phenoxy) is 1. The molecule has 7 heteroatoms. The number of benzene rings is 3.